The van der Waals surface area contributed by atoms with E-state index in [1.54, 1.807) is 66.7 Å². The zero-order valence-electron chi connectivity index (χ0n) is 32.2. The molecule has 0 aliphatic carbocycles. The summed E-state index contributed by atoms with van der Waals surface area (Å²) < 4.78 is 16.9. The first-order chi connectivity index (χ1) is 26.2. The minimum absolute atomic E-state index is 0.0832. The molecule has 3 aliphatic rings. The SMILES string of the molecule is COc1ccc(C[C@H]2C(=O)N[C@@H](C)C(=O)N(C)[C@H]3Cc4ccc(cc4)Oc4cc(ccc4OC)C[C@H](CC3=O)C(=O)N[C@H](C)C(=O)N[C@@H](C)C(=O)N2C)cc1. The number of hydrogen-bond acceptors (Lipinski definition) is 9. The molecule has 55 heavy (non-hydrogen) atoms. The van der Waals surface area contributed by atoms with Crippen LogP contribution in [0.5, 0.6) is 23.0 Å². The van der Waals surface area contributed by atoms with Gasteiger partial charge in [-0.25, -0.2) is 0 Å². The van der Waals surface area contributed by atoms with Crippen LogP contribution in [-0.4, -0.2) is 104 Å². The Morgan fingerprint density at radius 2 is 1.25 bits per heavy atom. The topological polar surface area (TPSA) is 173 Å². The van der Waals surface area contributed by atoms with Crippen LogP contribution in [0.15, 0.2) is 66.7 Å². The number of Topliss-reactive ketones (excluding diaryl/α,β-unsaturated/α-hetero) is 1. The largest absolute Gasteiger partial charge is 0.497 e. The maximum Gasteiger partial charge on any atom is 0.245 e. The number of amides is 5. The van der Waals surface area contributed by atoms with Gasteiger partial charge in [-0.2, -0.15) is 0 Å². The molecule has 6 rings (SSSR count). The Labute approximate surface area is 320 Å². The Morgan fingerprint density at radius 3 is 1.89 bits per heavy atom. The van der Waals surface area contributed by atoms with E-state index in [9.17, 15) is 28.8 Å². The van der Waals surface area contributed by atoms with E-state index in [0.29, 0.717) is 34.1 Å². The van der Waals surface area contributed by atoms with Crippen LogP contribution in [-0.2, 0) is 48.0 Å². The normalized spacial score (nSPS) is 24.5. The molecule has 1 fully saturated rings. The number of ketones is 1. The Morgan fingerprint density at radius 1 is 0.655 bits per heavy atom. The summed E-state index contributed by atoms with van der Waals surface area (Å²) in [4.78, 5) is 86.3. The molecule has 0 aromatic heterocycles. The maximum atomic E-state index is 14.4. The number of methoxy groups -OCH3 is 2. The van der Waals surface area contributed by atoms with Crippen molar-refractivity contribution in [1.29, 1.82) is 0 Å². The average Bonchev–Trinajstić information content (AvgIpc) is 3.17. The fourth-order valence-electron chi connectivity index (χ4n) is 6.84. The van der Waals surface area contributed by atoms with Gasteiger partial charge in [0.2, 0.25) is 29.5 Å². The van der Waals surface area contributed by atoms with Crippen LogP contribution in [0.3, 0.4) is 0 Å². The van der Waals surface area contributed by atoms with E-state index in [0.717, 1.165) is 5.56 Å². The lowest BCUT2D eigenvalue weighted by molar-refractivity contribution is -0.144. The van der Waals surface area contributed by atoms with Crippen molar-refractivity contribution in [2.75, 3.05) is 28.3 Å². The third kappa shape index (κ3) is 9.61. The monoisotopic (exact) mass is 755 g/mol. The lowest BCUT2D eigenvalue weighted by Gasteiger charge is -2.33. The molecule has 14 heteroatoms. The first kappa shape index (κ1) is 40.3. The highest BCUT2D eigenvalue weighted by Gasteiger charge is 2.37. The highest BCUT2D eigenvalue weighted by Crippen LogP contribution is 2.34. The zero-order chi connectivity index (χ0) is 40.0. The van der Waals surface area contributed by atoms with Crippen LogP contribution >= 0.6 is 0 Å². The molecule has 5 amide bonds. The van der Waals surface area contributed by atoms with E-state index in [2.05, 4.69) is 16.0 Å². The van der Waals surface area contributed by atoms with Crippen molar-refractivity contribution >= 4 is 35.3 Å². The van der Waals surface area contributed by atoms with Crippen molar-refractivity contribution in [3.8, 4) is 23.0 Å². The van der Waals surface area contributed by atoms with Gasteiger partial charge >= 0.3 is 0 Å². The second-order valence-electron chi connectivity index (χ2n) is 14.2. The molecule has 3 aromatic carbocycles. The molecule has 3 heterocycles. The van der Waals surface area contributed by atoms with Crippen molar-refractivity contribution in [2.24, 2.45) is 5.92 Å². The molecule has 0 spiro atoms. The minimum atomic E-state index is -1.11. The number of nitrogens with one attached hydrogen (secondary N) is 3. The molecule has 3 aliphatic heterocycles. The van der Waals surface area contributed by atoms with Gasteiger partial charge in [0.1, 0.15) is 35.7 Å². The predicted molar refractivity (Wildman–Crippen MR) is 203 cm³/mol. The van der Waals surface area contributed by atoms with Crippen LogP contribution in [0.1, 0.15) is 43.9 Å². The van der Waals surface area contributed by atoms with Gasteiger partial charge in [0.05, 0.1) is 20.3 Å². The Hall–Kier alpha value is -5.92. The minimum Gasteiger partial charge on any atom is -0.497 e. The summed E-state index contributed by atoms with van der Waals surface area (Å²) in [7, 11) is 6.01. The third-order valence-corrected chi connectivity index (χ3v) is 10.2. The van der Waals surface area contributed by atoms with Crippen LogP contribution < -0.4 is 30.2 Å². The second-order valence-corrected chi connectivity index (χ2v) is 14.2. The Balaban J connectivity index is 1.55. The number of benzene rings is 3. The highest BCUT2D eigenvalue weighted by molar-refractivity contribution is 5.98. The lowest BCUT2D eigenvalue weighted by Crippen LogP contribution is -2.59. The maximum absolute atomic E-state index is 14.4. The Bertz CT molecular complexity index is 1920. The van der Waals surface area contributed by atoms with Crippen molar-refractivity contribution < 1.29 is 43.0 Å². The molecule has 0 unspecified atom stereocenters. The van der Waals surface area contributed by atoms with Gasteiger partial charge in [-0.05, 0) is 86.7 Å². The number of fused-ring (bicyclic) bond motifs is 2. The smallest absolute Gasteiger partial charge is 0.245 e. The number of rotatable bonds is 4. The molecule has 3 N–H and O–H groups in total. The number of nitrogens with zero attached hydrogens (tertiary/aromatic N) is 2. The quantitative estimate of drug-likeness (QED) is 0.362. The van der Waals surface area contributed by atoms with Crippen LogP contribution in [0.4, 0.5) is 0 Å². The summed E-state index contributed by atoms with van der Waals surface area (Å²) in [5.41, 5.74) is 2.11. The number of hydrogen-bond donors (Lipinski definition) is 3. The van der Waals surface area contributed by atoms with Gasteiger partial charge in [-0.3, -0.25) is 28.8 Å². The predicted octanol–water partition coefficient (Wildman–Crippen LogP) is 2.59. The summed E-state index contributed by atoms with van der Waals surface area (Å²) in [5, 5.41) is 8.16. The van der Waals surface area contributed by atoms with E-state index in [-0.39, 0.29) is 31.5 Å². The summed E-state index contributed by atoms with van der Waals surface area (Å²) in [6, 6.07) is 13.9. The summed E-state index contributed by atoms with van der Waals surface area (Å²) in [5.74, 6) is -2.23. The summed E-state index contributed by atoms with van der Waals surface area (Å²) >= 11 is 0. The highest BCUT2D eigenvalue weighted by atomic mass is 16.5. The van der Waals surface area contributed by atoms with Gasteiger partial charge < -0.3 is 40.0 Å². The molecule has 292 valence electrons. The molecule has 0 saturated carbocycles. The molecular weight excluding hydrogens is 706 g/mol. The van der Waals surface area contributed by atoms with Crippen molar-refractivity contribution in [1.82, 2.24) is 25.8 Å². The molecule has 1 saturated heterocycles. The fraction of sp³-hybridized carbons (Fsp3) is 0.415. The van der Waals surface area contributed by atoms with Gasteiger partial charge in [0, 0.05) is 32.9 Å². The number of carbonyl (C=O) groups is 6. The standard InChI is InChI=1S/C41H49N5O9/c1-23-37(48)43-24(2)41(52)46(5)33(20-27-8-13-30(53-6)14-9-27)39(50)44-25(3)40(51)45(4)32-19-26-10-15-31(16-11-26)55-36-21-28(12-17-35(36)54-7)18-29(22-34(32)47)38(49)42-23/h8-17,21,23-25,29,32-33H,18-20,22H2,1-7H3,(H,42,49)(H,43,48)(H,44,50)/t23-,24+,25+,29-,32+,33+/m1/s1. The molecule has 6 bridgehead atoms. The number of likely N-dealkylation sites (N-methyl/N-ethyl adjacent to an activating group) is 2. The molecule has 0 radical (unpaired) electrons. The van der Waals surface area contributed by atoms with Gasteiger partial charge in [0.25, 0.3) is 0 Å². The molecule has 6 atom stereocenters. The van der Waals surface area contributed by atoms with Crippen molar-refractivity contribution in [2.45, 2.75) is 76.7 Å². The Kier molecular flexibility index (Phi) is 12.8. The molecule has 3 aromatic rings. The van der Waals surface area contributed by atoms with Crippen LogP contribution in [0.25, 0.3) is 0 Å². The fourth-order valence-corrected chi connectivity index (χ4v) is 6.84. The number of carbonyl (C=O) groups excluding carboxylic acids is 6. The van der Waals surface area contributed by atoms with Crippen LogP contribution in [0.2, 0.25) is 0 Å². The summed E-state index contributed by atoms with van der Waals surface area (Å²) in [6.07, 6.45) is 0.0158. The van der Waals surface area contributed by atoms with Crippen LogP contribution in [0, 0.1) is 5.92 Å². The lowest BCUT2D eigenvalue weighted by atomic mass is 9.88. The first-order valence-corrected chi connectivity index (χ1v) is 18.2. The van der Waals surface area contributed by atoms with E-state index in [4.69, 9.17) is 14.2 Å². The zero-order valence-corrected chi connectivity index (χ0v) is 32.2. The van der Waals surface area contributed by atoms with Crippen molar-refractivity contribution in [3.05, 3.63) is 83.4 Å². The third-order valence-electron chi connectivity index (χ3n) is 10.2. The first-order valence-electron chi connectivity index (χ1n) is 18.2. The van der Waals surface area contributed by atoms with E-state index >= 15 is 0 Å². The average molecular weight is 756 g/mol. The second kappa shape index (κ2) is 17.5. The van der Waals surface area contributed by atoms with E-state index in [1.165, 1.54) is 58.9 Å². The van der Waals surface area contributed by atoms with Gasteiger partial charge in [-0.1, -0.05) is 30.3 Å². The molecule has 14 nitrogen and oxygen atoms in total. The number of ether oxygens (including phenoxy) is 3. The molecular formula is C41H49N5O9. The van der Waals surface area contributed by atoms with E-state index < -0.39 is 65.7 Å². The van der Waals surface area contributed by atoms with Gasteiger partial charge in [0.15, 0.2) is 17.3 Å². The van der Waals surface area contributed by atoms with Gasteiger partial charge in [-0.15, -0.1) is 0 Å². The van der Waals surface area contributed by atoms with Crippen molar-refractivity contribution in [3.63, 3.8) is 0 Å². The van der Waals surface area contributed by atoms with E-state index in [1.807, 2.05) is 0 Å². The summed E-state index contributed by atoms with van der Waals surface area (Å²) in [6.45, 7) is 4.49.